The van der Waals surface area contributed by atoms with Crippen LogP contribution in [0.1, 0.15) is 29.6 Å². The first-order valence-electron chi connectivity index (χ1n) is 5.02. The van der Waals surface area contributed by atoms with Crippen molar-refractivity contribution in [3.05, 3.63) is 28.2 Å². The minimum atomic E-state index is -0.0651. The minimum absolute atomic E-state index is 0. The summed E-state index contributed by atoms with van der Waals surface area (Å²) in [5.74, 6) is -0.0651. The fourth-order valence-electron chi connectivity index (χ4n) is 1.56. The lowest BCUT2D eigenvalue weighted by molar-refractivity contribution is 0.0918. The number of carbonyl (C=O) groups is 1. The van der Waals surface area contributed by atoms with Crippen molar-refractivity contribution < 1.29 is 4.79 Å². The molecule has 0 atom stereocenters. The molecule has 0 saturated heterocycles. The number of nitrogen functional groups attached to an aromatic ring is 1. The number of benzene rings is 1. The molecule has 0 bridgehead atoms. The van der Waals surface area contributed by atoms with Gasteiger partial charge in [-0.3, -0.25) is 4.79 Å². The van der Waals surface area contributed by atoms with Crippen LogP contribution in [0.5, 0.6) is 0 Å². The Labute approximate surface area is 109 Å². The molecule has 1 amide bonds. The van der Waals surface area contributed by atoms with Gasteiger partial charge in [0.2, 0.25) is 0 Å². The summed E-state index contributed by atoms with van der Waals surface area (Å²) in [6, 6.07) is 5.66. The molecule has 3 nitrogen and oxygen atoms in total. The van der Waals surface area contributed by atoms with Crippen molar-refractivity contribution in [2.45, 2.75) is 25.3 Å². The molecule has 1 fully saturated rings. The second-order valence-corrected chi connectivity index (χ2v) is 4.75. The molecule has 0 aliphatic heterocycles. The summed E-state index contributed by atoms with van der Waals surface area (Å²) in [6.45, 7) is 0. The van der Waals surface area contributed by atoms with Gasteiger partial charge in [-0.05, 0) is 37.5 Å². The van der Waals surface area contributed by atoms with Crippen molar-refractivity contribution in [3.63, 3.8) is 0 Å². The second kappa shape index (κ2) is 5.55. The first-order chi connectivity index (χ1) is 7.16. The third-order valence-corrected chi connectivity index (χ3v) is 3.19. The van der Waals surface area contributed by atoms with Crippen LogP contribution in [0.2, 0.25) is 0 Å². The lowest BCUT2D eigenvalue weighted by Crippen LogP contribution is -2.39. The molecule has 1 aromatic carbocycles. The standard InChI is InChI=1S/C11H13BrN2O.ClH/c12-7-4-5-9(10(13)6-7)11(15)14-8-2-1-3-8;/h4-6,8H,1-3,13H2,(H,14,15);1H. The maximum absolute atomic E-state index is 11.8. The monoisotopic (exact) mass is 304 g/mol. The number of hydrogen-bond donors (Lipinski definition) is 2. The van der Waals surface area contributed by atoms with Crippen molar-refractivity contribution in [2.24, 2.45) is 0 Å². The average molecular weight is 306 g/mol. The highest BCUT2D eigenvalue weighted by Gasteiger charge is 2.20. The van der Waals surface area contributed by atoms with Crippen molar-refractivity contribution in [1.29, 1.82) is 0 Å². The predicted molar refractivity (Wildman–Crippen MR) is 70.9 cm³/mol. The van der Waals surface area contributed by atoms with Crippen molar-refractivity contribution in [2.75, 3.05) is 5.73 Å². The summed E-state index contributed by atoms with van der Waals surface area (Å²) < 4.78 is 0.889. The minimum Gasteiger partial charge on any atom is -0.398 e. The smallest absolute Gasteiger partial charge is 0.253 e. The van der Waals surface area contributed by atoms with Crippen molar-refractivity contribution in [3.8, 4) is 0 Å². The molecule has 1 saturated carbocycles. The molecule has 1 aromatic rings. The molecule has 0 spiro atoms. The molecular weight excluding hydrogens is 291 g/mol. The summed E-state index contributed by atoms with van der Waals surface area (Å²) in [5.41, 5.74) is 6.84. The fourth-order valence-corrected chi connectivity index (χ4v) is 1.93. The Balaban J connectivity index is 0.00000128. The van der Waals surface area contributed by atoms with Gasteiger partial charge in [-0.1, -0.05) is 15.9 Å². The molecular formula is C11H14BrClN2O. The van der Waals surface area contributed by atoms with Crippen molar-refractivity contribution in [1.82, 2.24) is 5.32 Å². The maximum Gasteiger partial charge on any atom is 0.253 e. The molecule has 1 aliphatic rings. The lowest BCUT2D eigenvalue weighted by Gasteiger charge is -2.26. The number of anilines is 1. The fraction of sp³-hybridized carbons (Fsp3) is 0.364. The van der Waals surface area contributed by atoms with Crippen molar-refractivity contribution >= 4 is 39.9 Å². The topological polar surface area (TPSA) is 55.1 Å². The van der Waals surface area contributed by atoms with Crippen LogP contribution in [0.4, 0.5) is 5.69 Å². The number of hydrogen-bond acceptors (Lipinski definition) is 2. The van der Waals surface area contributed by atoms with E-state index in [0.717, 1.165) is 17.3 Å². The summed E-state index contributed by atoms with van der Waals surface area (Å²) in [5, 5.41) is 2.96. The maximum atomic E-state index is 11.8. The predicted octanol–water partition coefficient (Wildman–Crippen LogP) is 2.74. The zero-order valence-electron chi connectivity index (χ0n) is 8.70. The lowest BCUT2D eigenvalue weighted by atomic mass is 9.93. The molecule has 3 N–H and O–H groups in total. The number of nitrogens with two attached hydrogens (primary N) is 1. The van der Waals surface area contributed by atoms with Gasteiger partial charge in [0.25, 0.3) is 5.91 Å². The normalized spacial score (nSPS) is 14.8. The van der Waals surface area contributed by atoms with E-state index in [2.05, 4.69) is 21.2 Å². The molecule has 5 heteroatoms. The molecule has 2 rings (SSSR count). The van der Waals surface area contributed by atoms with Gasteiger partial charge in [0.15, 0.2) is 0 Å². The Morgan fingerprint density at radius 2 is 2.12 bits per heavy atom. The van der Waals surface area contributed by atoms with Gasteiger partial charge in [-0.25, -0.2) is 0 Å². The van der Waals surface area contributed by atoms with Gasteiger partial charge in [0, 0.05) is 16.2 Å². The van der Waals surface area contributed by atoms with E-state index in [0.29, 0.717) is 17.3 Å². The second-order valence-electron chi connectivity index (χ2n) is 3.83. The number of carbonyl (C=O) groups excluding carboxylic acids is 1. The van der Waals surface area contributed by atoms with Crippen LogP contribution in [0.3, 0.4) is 0 Å². The van der Waals surface area contributed by atoms with Crippen LogP contribution in [-0.2, 0) is 0 Å². The summed E-state index contributed by atoms with van der Waals surface area (Å²) in [4.78, 5) is 11.8. The van der Waals surface area contributed by atoms with E-state index < -0.39 is 0 Å². The molecule has 88 valence electrons. The highest BCUT2D eigenvalue weighted by atomic mass is 79.9. The Kier molecular flexibility index (Phi) is 4.62. The van der Waals surface area contributed by atoms with Crippen LogP contribution >= 0.6 is 28.3 Å². The highest BCUT2D eigenvalue weighted by Crippen LogP contribution is 2.21. The van der Waals surface area contributed by atoms with Gasteiger partial charge >= 0.3 is 0 Å². The third kappa shape index (κ3) is 2.89. The first-order valence-corrected chi connectivity index (χ1v) is 5.82. The van der Waals surface area contributed by atoms with E-state index in [4.69, 9.17) is 5.73 Å². The van der Waals surface area contributed by atoms with Gasteiger partial charge in [0.05, 0.1) is 5.56 Å². The van der Waals surface area contributed by atoms with Crippen LogP contribution in [-0.4, -0.2) is 11.9 Å². The average Bonchev–Trinajstić information content (AvgIpc) is 2.11. The highest BCUT2D eigenvalue weighted by molar-refractivity contribution is 9.10. The largest absolute Gasteiger partial charge is 0.398 e. The number of rotatable bonds is 2. The summed E-state index contributed by atoms with van der Waals surface area (Å²) in [6.07, 6.45) is 3.38. The van der Waals surface area contributed by atoms with Gasteiger partial charge in [0.1, 0.15) is 0 Å². The Bertz CT molecular complexity index is 394. The molecule has 1 aliphatic carbocycles. The van der Waals surface area contributed by atoms with Gasteiger partial charge < -0.3 is 11.1 Å². The molecule has 0 unspecified atom stereocenters. The Morgan fingerprint density at radius 3 is 2.62 bits per heavy atom. The first kappa shape index (κ1) is 13.3. The molecule has 16 heavy (non-hydrogen) atoms. The van der Waals surface area contributed by atoms with E-state index in [1.807, 2.05) is 6.07 Å². The SMILES string of the molecule is Cl.Nc1cc(Br)ccc1C(=O)NC1CCC1. The van der Waals surface area contributed by atoms with Crippen LogP contribution in [0, 0.1) is 0 Å². The Hall–Kier alpha value is -0.740. The van der Waals surface area contributed by atoms with E-state index in [9.17, 15) is 4.79 Å². The van der Waals surface area contributed by atoms with Gasteiger partial charge in [-0.15, -0.1) is 12.4 Å². The van der Waals surface area contributed by atoms with E-state index in [1.54, 1.807) is 12.1 Å². The summed E-state index contributed by atoms with van der Waals surface area (Å²) in [7, 11) is 0. The molecule has 0 heterocycles. The van der Waals surface area contributed by atoms with Crippen LogP contribution in [0.15, 0.2) is 22.7 Å². The van der Waals surface area contributed by atoms with Gasteiger partial charge in [-0.2, -0.15) is 0 Å². The quantitative estimate of drug-likeness (QED) is 0.826. The molecule has 0 radical (unpaired) electrons. The van der Waals surface area contributed by atoms with Crippen LogP contribution < -0.4 is 11.1 Å². The zero-order valence-corrected chi connectivity index (χ0v) is 11.1. The van der Waals surface area contributed by atoms with E-state index in [-0.39, 0.29) is 18.3 Å². The van der Waals surface area contributed by atoms with E-state index >= 15 is 0 Å². The van der Waals surface area contributed by atoms with E-state index in [1.165, 1.54) is 6.42 Å². The summed E-state index contributed by atoms with van der Waals surface area (Å²) >= 11 is 3.31. The number of amides is 1. The van der Waals surface area contributed by atoms with Crippen LogP contribution in [0.25, 0.3) is 0 Å². The molecule has 0 aromatic heterocycles. The Morgan fingerprint density at radius 1 is 1.44 bits per heavy atom. The number of halogens is 2. The third-order valence-electron chi connectivity index (χ3n) is 2.70. The zero-order chi connectivity index (χ0) is 10.8. The number of nitrogens with one attached hydrogen (secondary N) is 1.